The van der Waals surface area contributed by atoms with E-state index in [1.165, 1.54) is 4.68 Å². The van der Waals surface area contributed by atoms with Crippen molar-refractivity contribution in [3.8, 4) is 0 Å². The van der Waals surface area contributed by atoms with E-state index in [-0.39, 0.29) is 5.75 Å². The molecule has 1 heterocycles. The molecule has 0 saturated heterocycles. The normalized spacial score (nSPS) is 13.4. The number of hydrogen-bond donors (Lipinski definition) is 0. The van der Waals surface area contributed by atoms with Gasteiger partial charge in [-0.3, -0.25) is 0 Å². The summed E-state index contributed by atoms with van der Waals surface area (Å²) < 4.78 is 26.3. The van der Waals surface area contributed by atoms with Crippen LogP contribution < -0.4 is 0 Å². The second kappa shape index (κ2) is 5.32. The zero-order valence-corrected chi connectivity index (χ0v) is 12.8. The summed E-state index contributed by atoms with van der Waals surface area (Å²) in [6, 6.07) is 5.70. The van der Waals surface area contributed by atoms with Gasteiger partial charge in [-0.05, 0) is 47.9 Å². The summed E-state index contributed by atoms with van der Waals surface area (Å²) in [6.07, 6.45) is 0. The van der Waals surface area contributed by atoms with Crippen LogP contribution in [0.4, 0.5) is 0 Å². The van der Waals surface area contributed by atoms with Gasteiger partial charge in [0, 0.05) is 7.05 Å². The number of tetrazole rings is 1. The van der Waals surface area contributed by atoms with Gasteiger partial charge in [-0.25, -0.2) is 13.1 Å². The molecule has 20 heavy (non-hydrogen) atoms. The molecule has 2 rings (SSSR count). The average Bonchev–Trinajstić information content (AvgIpc) is 2.79. The van der Waals surface area contributed by atoms with Crippen LogP contribution in [0.3, 0.4) is 0 Å². The van der Waals surface area contributed by atoms with Crippen molar-refractivity contribution in [1.29, 1.82) is 0 Å². The summed E-state index contributed by atoms with van der Waals surface area (Å²) in [5.41, 5.74) is 3.03. The molecule has 0 spiro atoms. The number of aromatic nitrogens is 4. The first-order valence-electron chi connectivity index (χ1n) is 6.31. The third kappa shape index (κ3) is 2.87. The van der Waals surface area contributed by atoms with Gasteiger partial charge in [-0.1, -0.05) is 18.2 Å². The maximum Gasteiger partial charge on any atom is 0.168 e. The highest BCUT2D eigenvalue weighted by Crippen LogP contribution is 2.23. The van der Waals surface area contributed by atoms with E-state index in [9.17, 15) is 8.42 Å². The van der Waals surface area contributed by atoms with Crippen LogP contribution >= 0.6 is 0 Å². The Morgan fingerprint density at radius 1 is 1.25 bits per heavy atom. The van der Waals surface area contributed by atoms with Gasteiger partial charge in [-0.2, -0.15) is 0 Å². The van der Waals surface area contributed by atoms with Crippen LogP contribution in [0, 0.1) is 13.8 Å². The maximum atomic E-state index is 12.4. The maximum absolute atomic E-state index is 12.4. The predicted molar refractivity (Wildman–Crippen MR) is 75.8 cm³/mol. The molecule has 0 aliphatic heterocycles. The summed E-state index contributed by atoms with van der Waals surface area (Å²) >= 11 is 0. The van der Waals surface area contributed by atoms with Gasteiger partial charge in [-0.15, -0.1) is 5.10 Å². The lowest BCUT2D eigenvalue weighted by Crippen LogP contribution is -2.17. The first-order valence-corrected chi connectivity index (χ1v) is 8.03. The molecule has 2 aromatic rings. The van der Waals surface area contributed by atoms with Crippen LogP contribution in [0.5, 0.6) is 0 Å². The summed E-state index contributed by atoms with van der Waals surface area (Å²) in [4.78, 5) is 0. The Hall–Kier alpha value is -1.76. The third-order valence-corrected chi connectivity index (χ3v) is 5.52. The predicted octanol–water partition coefficient (Wildman–Crippen LogP) is 1.50. The summed E-state index contributed by atoms with van der Waals surface area (Å²) in [5.74, 6) is 0.344. The highest BCUT2D eigenvalue weighted by molar-refractivity contribution is 7.90. The molecule has 0 fully saturated rings. The fourth-order valence-electron chi connectivity index (χ4n) is 1.99. The quantitative estimate of drug-likeness (QED) is 0.854. The Morgan fingerprint density at radius 3 is 2.50 bits per heavy atom. The first kappa shape index (κ1) is 14.6. The number of hydrogen-bond acceptors (Lipinski definition) is 5. The Labute approximate surface area is 118 Å². The number of benzene rings is 1. The highest BCUT2D eigenvalue weighted by Gasteiger charge is 2.27. The Balaban J connectivity index is 2.27. The van der Waals surface area contributed by atoms with Crippen molar-refractivity contribution in [2.24, 2.45) is 7.05 Å². The molecule has 1 aromatic heterocycles. The Morgan fingerprint density at radius 2 is 1.95 bits per heavy atom. The van der Waals surface area contributed by atoms with Gasteiger partial charge >= 0.3 is 0 Å². The zero-order valence-electron chi connectivity index (χ0n) is 12.0. The second-order valence-electron chi connectivity index (χ2n) is 5.03. The van der Waals surface area contributed by atoms with Crippen molar-refractivity contribution in [2.75, 3.05) is 0 Å². The lowest BCUT2D eigenvalue weighted by Gasteiger charge is -2.12. The smallest absolute Gasteiger partial charge is 0.168 e. The van der Waals surface area contributed by atoms with Crippen LogP contribution in [0.15, 0.2) is 18.2 Å². The monoisotopic (exact) mass is 294 g/mol. The van der Waals surface area contributed by atoms with E-state index < -0.39 is 15.1 Å². The second-order valence-corrected chi connectivity index (χ2v) is 7.35. The Bertz CT molecular complexity index is 722. The molecular weight excluding hydrogens is 276 g/mol. The SMILES string of the molecule is Cc1ccc(CS(=O)(=O)[C@@H](C)c2nnnn2C)cc1C. The van der Waals surface area contributed by atoms with Crippen molar-refractivity contribution in [3.05, 3.63) is 40.7 Å². The number of nitrogens with zero attached hydrogens (tertiary/aromatic N) is 4. The van der Waals surface area contributed by atoms with Crippen molar-refractivity contribution in [3.63, 3.8) is 0 Å². The van der Waals surface area contributed by atoms with E-state index in [4.69, 9.17) is 0 Å². The molecule has 0 aliphatic rings. The van der Waals surface area contributed by atoms with Crippen molar-refractivity contribution in [2.45, 2.75) is 31.8 Å². The lowest BCUT2D eigenvalue weighted by atomic mass is 10.1. The first-order chi connectivity index (χ1) is 9.31. The summed E-state index contributed by atoms with van der Waals surface area (Å²) in [6.45, 7) is 5.59. The summed E-state index contributed by atoms with van der Waals surface area (Å²) in [5, 5.41) is 10.2. The molecule has 0 bridgehead atoms. The minimum Gasteiger partial charge on any atom is -0.231 e. The fraction of sp³-hybridized carbons (Fsp3) is 0.462. The fourth-order valence-corrected chi connectivity index (χ4v) is 3.41. The highest BCUT2D eigenvalue weighted by atomic mass is 32.2. The number of rotatable bonds is 4. The van der Waals surface area contributed by atoms with Crippen LogP contribution in [0.1, 0.15) is 34.7 Å². The topological polar surface area (TPSA) is 77.7 Å². The minimum atomic E-state index is -3.35. The van der Waals surface area contributed by atoms with Crippen molar-refractivity contribution < 1.29 is 8.42 Å². The van der Waals surface area contributed by atoms with Crippen LogP contribution in [0.2, 0.25) is 0 Å². The van der Waals surface area contributed by atoms with Gasteiger partial charge in [0.2, 0.25) is 0 Å². The largest absolute Gasteiger partial charge is 0.231 e. The number of aryl methyl sites for hydroxylation is 3. The van der Waals surface area contributed by atoms with E-state index in [1.807, 2.05) is 32.0 Å². The third-order valence-electron chi connectivity index (χ3n) is 3.49. The standard InChI is InChI=1S/C13H18N4O2S/c1-9-5-6-12(7-10(9)2)8-20(18,19)11(3)13-14-15-16-17(13)4/h5-7,11H,8H2,1-4H3/t11-/m0/s1. The van der Waals surface area contributed by atoms with E-state index in [0.717, 1.165) is 16.7 Å². The van der Waals surface area contributed by atoms with E-state index in [2.05, 4.69) is 15.5 Å². The van der Waals surface area contributed by atoms with Crippen molar-refractivity contribution in [1.82, 2.24) is 20.2 Å². The van der Waals surface area contributed by atoms with Gasteiger partial charge in [0.25, 0.3) is 0 Å². The molecule has 0 amide bonds. The molecule has 108 valence electrons. The summed E-state index contributed by atoms with van der Waals surface area (Å²) in [7, 11) is -1.72. The zero-order chi connectivity index (χ0) is 14.9. The van der Waals surface area contributed by atoms with Crippen LogP contribution in [-0.4, -0.2) is 28.6 Å². The average molecular weight is 294 g/mol. The lowest BCUT2D eigenvalue weighted by molar-refractivity contribution is 0.576. The molecule has 1 atom stereocenters. The van der Waals surface area contributed by atoms with Crippen LogP contribution in [0.25, 0.3) is 0 Å². The van der Waals surface area contributed by atoms with E-state index in [1.54, 1.807) is 14.0 Å². The molecule has 0 saturated carbocycles. The molecule has 0 N–H and O–H groups in total. The van der Waals surface area contributed by atoms with E-state index >= 15 is 0 Å². The van der Waals surface area contributed by atoms with Gasteiger partial charge < -0.3 is 0 Å². The van der Waals surface area contributed by atoms with Crippen LogP contribution in [-0.2, 0) is 22.6 Å². The molecule has 6 nitrogen and oxygen atoms in total. The van der Waals surface area contributed by atoms with Crippen molar-refractivity contribution >= 4 is 9.84 Å². The van der Waals surface area contributed by atoms with Gasteiger partial charge in [0.1, 0.15) is 5.25 Å². The number of sulfone groups is 1. The Kier molecular flexibility index (Phi) is 3.89. The van der Waals surface area contributed by atoms with Gasteiger partial charge in [0.05, 0.1) is 5.75 Å². The molecule has 7 heteroatoms. The molecule has 0 radical (unpaired) electrons. The minimum absolute atomic E-state index is 0.0118. The molecule has 0 unspecified atom stereocenters. The van der Waals surface area contributed by atoms with Gasteiger partial charge in [0.15, 0.2) is 15.7 Å². The van der Waals surface area contributed by atoms with E-state index in [0.29, 0.717) is 5.82 Å². The molecular formula is C13H18N4O2S. The molecule has 1 aromatic carbocycles. The molecule has 0 aliphatic carbocycles.